The fourth-order valence-electron chi connectivity index (χ4n) is 4.12. The van der Waals surface area contributed by atoms with Gasteiger partial charge in [0.25, 0.3) is 5.91 Å². The van der Waals surface area contributed by atoms with Crippen molar-refractivity contribution < 1.29 is 27.9 Å². The molecule has 2 aromatic heterocycles. The fourth-order valence-corrected chi connectivity index (χ4v) is 4.78. The Bertz CT molecular complexity index is 922. The van der Waals surface area contributed by atoms with Gasteiger partial charge in [-0.3, -0.25) is 9.69 Å². The van der Waals surface area contributed by atoms with Gasteiger partial charge in [-0.05, 0) is 67.1 Å². The number of rotatable bonds is 4. The van der Waals surface area contributed by atoms with E-state index in [-0.39, 0.29) is 5.91 Å². The summed E-state index contributed by atoms with van der Waals surface area (Å²) in [7, 11) is 0. The second kappa shape index (κ2) is 9.99. The quantitative estimate of drug-likeness (QED) is 0.708. The van der Waals surface area contributed by atoms with Crippen LogP contribution in [0.1, 0.15) is 48.2 Å². The molecule has 12 heteroatoms. The zero-order valence-corrected chi connectivity index (χ0v) is 18.5. The van der Waals surface area contributed by atoms with Gasteiger partial charge in [-0.15, -0.1) is 10.2 Å². The molecule has 1 saturated heterocycles. The van der Waals surface area contributed by atoms with Gasteiger partial charge in [-0.2, -0.15) is 24.5 Å². The number of amides is 1. The minimum Gasteiger partial charge on any atom is -0.475 e. The number of aryl methyl sites for hydroxylation is 1. The molecule has 0 atom stereocenters. The number of carbonyl (C=O) groups is 2. The number of carboxylic acid groups (broad SMARTS) is 1. The number of fused-ring (bicyclic) bond motifs is 1. The maximum absolute atomic E-state index is 12.2. The summed E-state index contributed by atoms with van der Waals surface area (Å²) in [6.45, 7) is 6.74. The molecule has 0 unspecified atom stereocenters. The summed E-state index contributed by atoms with van der Waals surface area (Å²) in [5.74, 6) is -1.41. The van der Waals surface area contributed by atoms with Crippen LogP contribution in [0.15, 0.2) is 16.8 Å². The number of aromatic nitrogens is 3. The summed E-state index contributed by atoms with van der Waals surface area (Å²) in [5.41, 5.74) is 1.71. The van der Waals surface area contributed by atoms with Crippen molar-refractivity contribution >= 4 is 23.2 Å². The topological polar surface area (TPSA) is 100 Å². The van der Waals surface area contributed by atoms with Gasteiger partial charge in [0.15, 0.2) is 0 Å². The van der Waals surface area contributed by atoms with Gasteiger partial charge < -0.3 is 15.0 Å². The fraction of sp³-hybridized carbons (Fsp3) is 0.600. The molecule has 1 fully saturated rings. The van der Waals surface area contributed by atoms with E-state index >= 15 is 0 Å². The predicted molar refractivity (Wildman–Crippen MR) is 111 cm³/mol. The molecule has 8 nitrogen and oxygen atoms in total. The lowest BCUT2D eigenvalue weighted by Gasteiger charge is -2.44. The van der Waals surface area contributed by atoms with Crippen LogP contribution in [-0.2, 0) is 24.3 Å². The number of carbonyl (C=O) groups excluding carboxylic acids is 1. The van der Waals surface area contributed by atoms with Crippen LogP contribution in [0.3, 0.4) is 0 Å². The average molecular weight is 474 g/mol. The van der Waals surface area contributed by atoms with Crippen molar-refractivity contribution in [2.75, 3.05) is 19.6 Å². The summed E-state index contributed by atoms with van der Waals surface area (Å²) >= 11 is 1.77. The highest BCUT2D eigenvalue weighted by Gasteiger charge is 2.40. The molecular weight excluding hydrogens is 447 g/mol. The molecule has 2 aliphatic rings. The van der Waals surface area contributed by atoms with E-state index in [2.05, 4.69) is 41.8 Å². The largest absolute Gasteiger partial charge is 0.490 e. The molecule has 1 spiro atoms. The molecule has 176 valence electrons. The number of halogens is 3. The summed E-state index contributed by atoms with van der Waals surface area (Å²) < 4.78 is 33.8. The molecule has 4 rings (SSSR count). The maximum Gasteiger partial charge on any atom is 0.490 e. The lowest BCUT2D eigenvalue weighted by atomic mass is 9.73. The van der Waals surface area contributed by atoms with Crippen molar-refractivity contribution in [3.05, 3.63) is 34.0 Å². The van der Waals surface area contributed by atoms with Crippen molar-refractivity contribution in [2.24, 2.45) is 5.41 Å². The van der Waals surface area contributed by atoms with E-state index in [1.165, 1.54) is 18.4 Å². The molecule has 0 aromatic carbocycles. The Morgan fingerprint density at radius 3 is 2.50 bits per heavy atom. The summed E-state index contributed by atoms with van der Waals surface area (Å²) in [4.78, 5) is 23.7. The van der Waals surface area contributed by atoms with E-state index in [1.807, 2.05) is 6.92 Å². The van der Waals surface area contributed by atoms with E-state index in [0.717, 1.165) is 44.8 Å². The maximum atomic E-state index is 12.2. The molecule has 1 amide bonds. The number of piperidine rings is 1. The molecule has 0 bridgehead atoms. The van der Waals surface area contributed by atoms with E-state index in [0.29, 0.717) is 17.8 Å². The Kier molecular flexibility index (Phi) is 7.55. The van der Waals surface area contributed by atoms with Crippen molar-refractivity contribution in [1.29, 1.82) is 0 Å². The first-order valence-electron chi connectivity index (χ1n) is 10.4. The Morgan fingerprint density at radius 1 is 1.25 bits per heavy atom. The van der Waals surface area contributed by atoms with Gasteiger partial charge >= 0.3 is 12.1 Å². The van der Waals surface area contributed by atoms with E-state index in [4.69, 9.17) is 9.90 Å². The summed E-state index contributed by atoms with van der Waals surface area (Å²) in [6.07, 6.45) is -0.628. The Labute approximate surface area is 187 Å². The van der Waals surface area contributed by atoms with Gasteiger partial charge in [0.05, 0.1) is 0 Å². The van der Waals surface area contributed by atoms with E-state index < -0.39 is 12.1 Å². The monoisotopic (exact) mass is 473 g/mol. The first-order chi connectivity index (χ1) is 15.1. The number of nitrogens with zero attached hydrogens (tertiary/aromatic N) is 4. The Hall–Kier alpha value is -2.47. The van der Waals surface area contributed by atoms with Crippen LogP contribution in [-0.4, -0.2) is 62.5 Å². The number of carboxylic acids is 1. The van der Waals surface area contributed by atoms with Gasteiger partial charge in [0, 0.05) is 26.1 Å². The third-order valence-electron chi connectivity index (χ3n) is 5.89. The Balaban J connectivity index is 0.000000360. The molecule has 4 heterocycles. The number of likely N-dealkylation sites (tertiary alicyclic amines) is 1. The number of hydrogen-bond donors (Lipinski definition) is 2. The third kappa shape index (κ3) is 5.85. The minimum absolute atomic E-state index is 0.104. The number of alkyl halides is 3. The number of hydrogen-bond acceptors (Lipinski definition) is 6. The van der Waals surface area contributed by atoms with Gasteiger partial charge in [0.2, 0.25) is 5.82 Å². The van der Waals surface area contributed by atoms with E-state index in [1.54, 1.807) is 11.3 Å². The van der Waals surface area contributed by atoms with Gasteiger partial charge in [-0.25, -0.2) is 4.79 Å². The molecule has 0 aliphatic carbocycles. The number of aliphatic carboxylic acids is 1. The highest BCUT2D eigenvalue weighted by Crippen LogP contribution is 2.41. The lowest BCUT2D eigenvalue weighted by molar-refractivity contribution is -0.192. The van der Waals surface area contributed by atoms with Crippen LogP contribution < -0.4 is 5.32 Å². The lowest BCUT2D eigenvalue weighted by Crippen LogP contribution is -2.44. The molecule has 2 aliphatic heterocycles. The van der Waals surface area contributed by atoms with Gasteiger partial charge in [-0.1, -0.05) is 0 Å². The molecule has 2 N–H and O–H groups in total. The molecule has 32 heavy (non-hydrogen) atoms. The average Bonchev–Trinajstić information content (AvgIpc) is 3.39. The minimum atomic E-state index is -5.08. The summed E-state index contributed by atoms with van der Waals surface area (Å²) in [6, 6.07) is 2.22. The second-order valence-electron chi connectivity index (χ2n) is 8.10. The van der Waals surface area contributed by atoms with Crippen LogP contribution in [0.2, 0.25) is 0 Å². The highest BCUT2D eigenvalue weighted by molar-refractivity contribution is 7.07. The van der Waals surface area contributed by atoms with Crippen molar-refractivity contribution in [1.82, 2.24) is 25.0 Å². The first-order valence-corrected chi connectivity index (χ1v) is 11.3. The molecular formula is C20H26F3N5O3S. The molecule has 0 saturated carbocycles. The van der Waals surface area contributed by atoms with Crippen molar-refractivity contribution in [3.8, 4) is 0 Å². The Morgan fingerprint density at radius 2 is 1.94 bits per heavy atom. The SMILES string of the molecule is CCNC(=O)c1nnc2n1CC1(CC2)CCN(Cc2ccsc2)CC1.O=C(O)C(F)(F)F. The van der Waals surface area contributed by atoms with Crippen LogP contribution in [0.5, 0.6) is 0 Å². The number of thiophene rings is 1. The third-order valence-corrected chi connectivity index (χ3v) is 6.62. The standard InChI is InChI=1S/C18H25N5OS.C2HF3O2/c1-2-19-17(24)16-21-20-15-3-5-18(13-23(15)16)6-8-22(9-7-18)11-14-4-10-25-12-14;3-2(4,5)1(6)7/h4,10,12H,2-3,5-9,11,13H2,1H3,(H,19,24);(H,6,7). The summed E-state index contributed by atoms with van der Waals surface area (Å²) in [5, 5.41) is 22.8. The van der Waals surface area contributed by atoms with Crippen molar-refractivity contribution in [2.45, 2.75) is 51.9 Å². The zero-order valence-electron chi connectivity index (χ0n) is 17.7. The van der Waals surface area contributed by atoms with Crippen LogP contribution >= 0.6 is 11.3 Å². The highest BCUT2D eigenvalue weighted by atomic mass is 32.1. The van der Waals surface area contributed by atoms with Crippen LogP contribution in [0.4, 0.5) is 13.2 Å². The molecule has 2 aromatic rings. The molecule has 0 radical (unpaired) electrons. The predicted octanol–water partition coefficient (Wildman–Crippen LogP) is 2.95. The normalized spacial score (nSPS) is 17.9. The zero-order chi connectivity index (χ0) is 23.4. The smallest absolute Gasteiger partial charge is 0.475 e. The van der Waals surface area contributed by atoms with E-state index in [9.17, 15) is 18.0 Å². The first kappa shape index (κ1) is 24.2. The van der Waals surface area contributed by atoms with Crippen LogP contribution in [0, 0.1) is 5.41 Å². The van der Waals surface area contributed by atoms with Crippen molar-refractivity contribution in [3.63, 3.8) is 0 Å². The second-order valence-corrected chi connectivity index (χ2v) is 8.88. The van der Waals surface area contributed by atoms with Gasteiger partial charge in [0.1, 0.15) is 5.82 Å². The van der Waals surface area contributed by atoms with Crippen LogP contribution in [0.25, 0.3) is 0 Å². The number of nitrogens with one attached hydrogen (secondary N) is 1.